The number of esters is 4. The summed E-state index contributed by atoms with van der Waals surface area (Å²) in [6.07, 6.45) is 47.7. The Labute approximate surface area is 568 Å². The highest BCUT2D eigenvalue weighted by Gasteiger charge is 2.30. The van der Waals surface area contributed by atoms with Crippen molar-refractivity contribution in [2.75, 3.05) is 39.6 Å². The molecular formula is C74H144O17P2. The first-order valence-electron chi connectivity index (χ1n) is 38.2. The normalized spacial score (nSPS) is 14.5. The summed E-state index contributed by atoms with van der Waals surface area (Å²) in [5.41, 5.74) is 0. The van der Waals surface area contributed by atoms with E-state index in [0.717, 1.165) is 108 Å². The highest BCUT2D eigenvalue weighted by atomic mass is 31.2. The molecule has 0 aromatic heterocycles. The number of unbranched alkanes of at least 4 members (excludes halogenated alkanes) is 36. The summed E-state index contributed by atoms with van der Waals surface area (Å²) >= 11 is 0. The van der Waals surface area contributed by atoms with Crippen molar-refractivity contribution in [2.45, 2.75) is 388 Å². The standard InChI is InChI=1S/C74H144O17P2/c1-9-67(8)53-45-37-28-22-18-16-14-12-10-11-13-15-17-19-23-29-38-46-54-71(76)84-61-70(91-74(79)57-49-41-33-32-36-44-52-66(6)7)63-89-93(82,83)87-59-68(75)58-86-92(80,81)88-62-69(60-85-72(77)55-47-39-31-25-27-35-43-51-65(4)5)90-73(78)56-48-40-30-24-20-21-26-34-42-50-64(2)3/h64-70,75H,9-63H2,1-8H3,(H,80,81)(H,82,83)/t67?,68?,69-,70-/m1/s1. The lowest BCUT2D eigenvalue weighted by molar-refractivity contribution is -0.161. The van der Waals surface area contributed by atoms with E-state index in [1.54, 1.807) is 0 Å². The van der Waals surface area contributed by atoms with Crippen LogP contribution in [0.1, 0.15) is 370 Å². The van der Waals surface area contributed by atoms with Crippen molar-refractivity contribution in [1.82, 2.24) is 0 Å². The number of carbonyl (C=O) groups is 4. The first-order chi connectivity index (χ1) is 44.6. The number of hydrogen-bond donors (Lipinski definition) is 3. The predicted octanol–water partition coefficient (Wildman–Crippen LogP) is 21.3. The lowest BCUT2D eigenvalue weighted by atomic mass is 9.99. The summed E-state index contributed by atoms with van der Waals surface area (Å²) < 4.78 is 68.3. The molecule has 0 spiro atoms. The molecule has 0 aliphatic carbocycles. The lowest BCUT2D eigenvalue weighted by Crippen LogP contribution is -2.30. The molecule has 0 aromatic carbocycles. The summed E-state index contributed by atoms with van der Waals surface area (Å²) in [7, 11) is -9.90. The summed E-state index contributed by atoms with van der Waals surface area (Å²) in [6.45, 7) is 14.1. The minimum Gasteiger partial charge on any atom is -0.462 e. The topological polar surface area (TPSA) is 237 Å². The number of ether oxygens (including phenoxy) is 4. The zero-order chi connectivity index (χ0) is 68.9. The van der Waals surface area contributed by atoms with Crippen LogP contribution in [0, 0.1) is 23.7 Å². The number of hydrogen-bond acceptors (Lipinski definition) is 15. The van der Waals surface area contributed by atoms with Crippen LogP contribution in [0.15, 0.2) is 0 Å². The molecule has 0 saturated carbocycles. The second-order valence-corrected chi connectivity index (χ2v) is 31.3. The van der Waals surface area contributed by atoms with Gasteiger partial charge in [-0.05, 0) is 49.4 Å². The monoisotopic (exact) mass is 1370 g/mol. The Hall–Kier alpha value is -1.94. The Morgan fingerprint density at radius 1 is 0.301 bits per heavy atom. The number of phosphoric ester groups is 2. The van der Waals surface area contributed by atoms with Gasteiger partial charge in [-0.2, -0.15) is 0 Å². The van der Waals surface area contributed by atoms with Crippen molar-refractivity contribution in [3.05, 3.63) is 0 Å². The van der Waals surface area contributed by atoms with E-state index in [4.69, 9.17) is 37.0 Å². The first kappa shape index (κ1) is 91.1. The van der Waals surface area contributed by atoms with E-state index in [1.165, 1.54) is 167 Å². The minimum absolute atomic E-state index is 0.102. The van der Waals surface area contributed by atoms with Crippen LogP contribution < -0.4 is 0 Å². The average Bonchev–Trinajstić information content (AvgIpc) is 2.57. The Kier molecular flexibility index (Phi) is 62.2. The largest absolute Gasteiger partial charge is 0.472 e. The van der Waals surface area contributed by atoms with Crippen LogP contribution >= 0.6 is 15.6 Å². The van der Waals surface area contributed by atoms with Crippen LogP contribution in [0.3, 0.4) is 0 Å². The summed E-state index contributed by atoms with van der Waals surface area (Å²) in [5.74, 6) is 0.853. The van der Waals surface area contributed by atoms with Gasteiger partial charge in [0.15, 0.2) is 12.2 Å². The van der Waals surface area contributed by atoms with E-state index >= 15 is 0 Å². The van der Waals surface area contributed by atoms with Gasteiger partial charge in [0.1, 0.15) is 19.3 Å². The summed E-state index contributed by atoms with van der Waals surface area (Å²) in [6, 6.07) is 0. The van der Waals surface area contributed by atoms with Gasteiger partial charge < -0.3 is 33.8 Å². The van der Waals surface area contributed by atoms with Crippen LogP contribution in [0.2, 0.25) is 0 Å². The van der Waals surface area contributed by atoms with Crippen LogP contribution in [0.4, 0.5) is 0 Å². The van der Waals surface area contributed by atoms with Crippen molar-refractivity contribution >= 4 is 39.5 Å². The highest BCUT2D eigenvalue weighted by molar-refractivity contribution is 7.47. The van der Waals surface area contributed by atoms with Crippen molar-refractivity contribution in [3.8, 4) is 0 Å². The number of aliphatic hydroxyl groups is 1. The van der Waals surface area contributed by atoms with Gasteiger partial charge >= 0.3 is 39.5 Å². The molecule has 0 heterocycles. The van der Waals surface area contributed by atoms with E-state index in [9.17, 15) is 43.2 Å². The molecule has 19 heteroatoms. The van der Waals surface area contributed by atoms with Gasteiger partial charge in [-0.1, -0.05) is 319 Å². The fourth-order valence-electron chi connectivity index (χ4n) is 11.2. The second-order valence-electron chi connectivity index (χ2n) is 28.4. The molecule has 0 aliphatic rings. The van der Waals surface area contributed by atoms with E-state index in [2.05, 4.69) is 55.4 Å². The molecule has 3 N–H and O–H groups in total. The quantitative estimate of drug-likeness (QED) is 0.0222. The maximum Gasteiger partial charge on any atom is 0.472 e. The van der Waals surface area contributed by atoms with Gasteiger partial charge in [-0.15, -0.1) is 0 Å². The molecule has 0 rings (SSSR count). The number of carbonyl (C=O) groups excluding carboxylic acids is 4. The molecule has 93 heavy (non-hydrogen) atoms. The van der Waals surface area contributed by atoms with Crippen LogP contribution in [-0.4, -0.2) is 96.7 Å². The Morgan fingerprint density at radius 3 is 0.763 bits per heavy atom. The molecular weight excluding hydrogens is 1220 g/mol. The molecule has 6 atom stereocenters. The molecule has 0 fully saturated rings. The molecule has 552 valence electrons. The molecule has 0 aromatic rings. The maximum absolute atomic E-state index is 13.0. The number of phosphoric acid groups is 2. The minimum atomic E-state index is -4.95. The van der Waals surface area contributed by atoms with Crippen LogP contribution in [-0.2, 0) is 65.4 Å². The van der Waals surface area contributed by atoms with Crippen LogP contribution in [0.5, 0.6) is 0 Å². The Morgan fingerprint density at radius 2 is 0.516 bits per heavy atom. The summed E-state index contributed by atoms with van der Waals surface area (Å²) in [4.78, 5) is 72.6. The van der Waals surface area contributed by atoms with E-state index in [0.29, 0.717) is 37.5 Å². The molecule has 4 unspecified atom stereocenters. The molecule has 0 radical (unpaired) electrons. The van der Waals surface area contributed by atoms with Crippen LogP contribution in [0.25, 0.3) is 0 Å². The van der Waals surface area contributed by atoms with Crippen molar-refractivity contribution in [1.29, 1.82) is 0 Å². The third-order valence-corrected chi connectivity index (χ3v) is 19.3. The van der Waals surface area contributed by atoms with Crippen molar-refractivity contribution < 1.29 is 80.2 Å². The van der Waals surface area contributed by atoms with E-state index < -0.39 is 97.5 Å². The first-order valence-corrected chi connectivity index (χ1v) is 41.2. The van der Waals surface area contributed by atoms with Gasteiger partial charge in [-0.3, -0.25) is 37.3 Å². The molecule has 0 aliphatic heterocycles. The zero-order valence-corrected chi connectivity index (χ0v) is 62.7. The van der Waals surface area contributed by atoms with E-state index in [-0.39, 0.29) is 25.7 Å². The zero-order valence-electron chi connectivity index (χ0n) is 60.9. The average molecular weight is 1370 g/mol. The molecule has 0 bridgehead atoms. The molecule has 17 nitrogen and oxygen atoms in total. The number of rotatable bonds is 71. The second kappa shape index (κ2) is 63.5. The van der Waals surface area contributed by atoms with Gasteiger partial charge in [0.05, 0.1) is 26.4 Å². The van der Waals surface area contributed by atoms with Gasteiger partial charge in [0, 0.05) is 25.7 Å². The number of aliphatic hydroxyl groups excluding tert-OH is 1. The predicted molar refractivity (Wildman–Crippen MR) is 377 cm³/mol. The smallest absolute Gasteiger partial charge is 0.462 e. The molecule has 0 amide bonds. The fraction of sp³-hybridized carbons (Fsp3) is 0.946. The SMILES string of the molecule is CCC(C)CCCCCCCCCCCCCCCCCCCCC(=O)OC[C@H](COP(=O)(O)OCC(O)COP(=O)(O)OC[C@@H](COC(=O)CCCCCCCCCC(C)C)OC(=O)CCCCCCCCCCCC(C)C)OC(=O)CCCCCCCCC(C)C. The van der Waals surface area contributed by atoms with Gasteiger partial charge in [0.25, 0.3) is 0 Å². The third kappa shape index (κ3) is 67.0. The van der Waals surface area contributed by atoms with Crippen molar-refractivity contribution in [2.24, 2.45) is 23.7 Å². The third-order valence-electron chi connectivity index (χ3n) is 17.4. The fourth-order valence-corrected chi connectivity index (χ4v) is 12.7. The van der Waals surface area contributed by atoms with E-state index in [1.807, 2.05) is 0 Å². The van der Waals surface area contributed by atoms with Gasteiger partial charge in [-0.25, -0.2) is 9.13 Å². The molecule has 0 saturated heterocycles. The Bertz CT molecular complexity index is 1840. The maximum atomic E-state index is 13.0. The highest BCUT2D eigenvalue weighted by Crippen LogP contribution is 2.45. The van der Waals surface area contributed by atoms with Crippen molar-refractivity contribution in [3.63, 3.8) is 0 Å². The Balaban J connectivity index is 5.10. The summed E-state index contributed by atoms with van der Waals surface area (Å²) in [5, 5.41) is 10.6. The van der Waals surface area contributed by atoms with Gasteiger partial charge in [0.2, 0.25) is 0 Å². The lowest BCUT2D eigenvalue weighted by Gasteiger charge is -2.21.